The average molecular weight is 478 g/mol. The van der Waals surface area contributed by atoms with E-state index >= 15 is 0 Å². The van der Waals surface area contributed by atoms with Crippen molar-refractivity contribution in [3.63, 3.8) is 0 Å². The molecule has 0 aliphatic rings. The van der Waals surface area contributed by atoms with Gasteiger partial charge in [-0.25, -0.2) is 4.79 Å². The Bertz CT molecular complexity index is 807. The number of nitrogens with one attached hydrogen (secondary N) is 1. The first-order valence-electron chi connectivity index (χ1n) is 12.1. The van der Waals surface area contributed by atoms with E-state index in [1.807, 2.05) is 16.9 Å². The van der Waals surface area contributed by atoms with Gasteiger partial charge in [0.1, 0.15) is 0 Å². The Hall–Kier alpha value is -2.33. The summed E-state index contributed by atoms with van der Waals surface area (Å²) < 4.78 is 5.17. The Morgan fingerprint density at radius 2 is 1.67 bits per heavy atom. The maximum Gasteiger partial charge on any atom is 0.349 e. The fraction of sp³-hybridized carbons (Fsp3) is 0.654. The van der Waals surface area contributed by atoms with Gasteiger partial charge < -0.3 is 9.57 Å². The molecule has 0 aromatic carbocycles. The molecule has 0 saturated carbocycles. The van der Waals surface area contributed by atoms with Crippen LogP contribution in [0.3, 0.4) is 0 Å². The largest absolute Gasteiger partial charge is 0.465 e. The van der Waals surface area contributed by atoms with E-state index in [0.717, 1.165) is 23.3 Å². The molecule has 1 N–H and O–H groups in total. The molecule has 0 fully saturated rings. The molecule has 1 rings (SSSR count). The van der Waals surface area contributed by atoms with Crippen LogP contribution in [0, 0.1) is 17.3 Å². The van der Waals surface area contributed by atoms with E-state index in [9.17, 15) is 14.4 Å². The van der Waals surface area contributed by atoms with E-state index < -0.39 is 23.3 Å². The Morgan fingerprint density at radius 1 is 1.00 bits per heavy atom. The molecule has 1 heterocycles. The van der Waals surface area contributed by atoms with Crippen LogP contribution < -0.4 is 5.48 Å². The van der Waals surface area contributed by atoms with E-state index in [4.69, 9.17) is 9.57 Å². The molecule has 0 saturated heterocycles. The van der Waals surface area contributed by atoms with Gasteiger partial charge in [0.15, 0.2) is 5.41 Å². The number of amides is 1. The molecule has 1 amide bonds. The number of hydrogen-bond acceptors (Lipinski definition) is 6. The first-order valence-corrected chi connectivity index (χ1v) is 13.0. The summed E-state index contributed by atoms with van der Waals surface area (Å²) in [6.45, 7) is 7.02. The van der Waals surface area contributed by atoms with Crippen molar-refractivity contribution in [1.29, 1.82) is 0 Å². The zero-order valence-electron chi connectivity index (χ0n) is 20.6. The predicted molar refractivity (Wildman–Crippen MR) is 131 cm³/mol. The minimum absolute atomic E-state index is 0.130. The van der Waals surface area contributed by atoms with Crippen LogP contribution in [0.1, 0.15) is 102 Å². The number of ether oxygens (including phenoxy) is 1. The molecule has 7 heteroatoms. The monoisotopic (exact) mass is 477 g/mol. The molecular formula is C26H39NO5S. The van der Waals surface area contributed by atoms with Gasteiger partial charge in [0.25, 0.3) is 0 Å². The molecule has 0 aliphatic heterocycles. The normalized spacial score (nSPS) is 12.2. The van der Waals surface area contributed by atoms with E-state index in [-0.39, 0.29) is 19.4 Å². The zero-order chi connectivity index (χ0) is 24.5. The highest BCUT2D eigenvalue weighted by Crippen LogP contribution is 2.33. The lowest BCUT2D eigenvalue weighted by molar-refractivity contribution is -0.179. The van der Waals surface area contributed by atoms with Crippen molar-refractivity contribution in [2.75, 3.05) is 6.61 Å². The second-order valence-corrected chi connectivity index (χ2v) is 9.20. The molecule has 1 aromatic heterocycles. The summed E-state index contributed by atoms with van der Waals surface area (Å²) in [6, 6.07) is 1.90. The summed E-state index contributed by atoms with van der Waals surface area (Å²) >= 11 is 1.44. The van der Waals surface area contributed by atoms with Gasteiger partial charge in [-0.3, -0.25) is 9.59 Å². The van der Waals surface area contributed by atoms with Crippen LogP contribution in [-0.4, -0.2) is 24.5 Å². The molecule has 6 nitrogen and oxygen atoms in total. The van der Waals surface area contributed by atoms with Gasteiger partial charge in [0, 0.05) is 35.6 Å². The highest BCUT2D eigenvalue weighted by atomic mass is 32.1. The third-order valence-electron chi connectivity index (χ3n) is 5.47. The molecule has 0 bridgehead atoms. The third kappa shape index (κ3) is 10.4. The van der Waals surface area contributed by atoms with E-state index in [0.29, 0.717) is 0 Å². The SMILES string of the molecule is CCCCCCCCCCC#Cc1csc(CC(CC)(C(=O)OCC)C(=O)ONC(C)=O)c1. The number of carbonyl (C=O) groups excluding carboxylic acids is 3. The van der Waals surface area contributed by atoms with Crippen molar-refractivity contribution in [1.82, 2.24) is 5.48 Å². The van der Waals surface area contributed by atoms with Crippen LogP contribution in [0.15, 0.2) is 11.4 Å². The fourth-order valence-corrected chi connectivity index (χ4v) is 4.40. The van der Waals surface area contributed by atoms with E-state index in [1.54, 1.807) is 13.8 Å². The Morgan fingerprint density at radius 3 is 2.27 bits per heavy atom. The topological polar surface area (TPSA) is 81.7 Å². The van der Waals surface area contributed by atoms with E-state index in [1.165, 1.54) is 63.2 Å². The van der Waals surface area contributed by atoms with Crippen molar-refractivity contribution in [2.24, 2.45) is 5.41 Å². The van der Waals surface area contributed by atoms with Crippen LogP contribution in [-0.2, 0) is 30.4 Å². The van der Waals surface area contributed by atoms with Crippen molar-refractivity contribution in [2.45, 2.75) is 98.3 Å². The van der Waals surface area contributed by atoms with Gasteiger partial charge >= 0.3 is 11.9 Å². The van der Waals surface area contributed by atoms with Crippen LogP contribution in [0.25, 0.3) is 0 Å². The molecule has 33 heavy (non-hydrogen) atoms. The second-order valence-electron chi connectivity index (χ2n) is 8.21. The van der Waals surface area contributed by atoms with Gasteiger partial charge in [0.2, 0.25) is 5.91 Å². The maximum absolute atomic E-state index is 12.7. The Labute approximate surface area is 202 Å². The third-order valence-corrected chi connectivity index (χ3v) is 6.40. The molecule has 0 spiro atoms. The summed E-state index contributed by atoms with van der Waals surface area (Å²) in [7, 11) is 0. The summed E-state index contributed by atoms with van der Waals surface area (Å²) in [5, 5.41) is 1.93. The van der Waals surface area contributed by atoms with Gasteiger partial charge in [-0.15, -0.1) is 11.3 Å². The summed E-state index contributed by atoms with van der Waals surface area (Å²) in [5.41, 5.74) is 1.37. The van der Waals surface area contributed by atoms with Crippen molar-refractivity contribution >= 4 is 29.2 Å². The number of hydrogen-bond donors (Lipinski definition) is 1. The Balaban J connectivity index is 2.67. The zero-order valence-corrected chi connectivity index (χ0v) is 21.4. The number of rotatable bonds is 14. The molecule has 0 aliphatic carbocycles. The lowest BCUT2D eigenvalue weighted by atomic mass is 9.81. The number of esters is 1. The average Bonchev–Trinajstić information content (AvgIpc) is 3.24. The lowest BCUT2D eigenvalue weighted by Gasteiger charge is -2.27. The minimum atomic E-state index is -1.52. The first-order chi connectivity index (χ1) is 15.9. The summed E-state index contributed by atoms with van der Waals surface area (Å²) in [6.07, 6.45) is 11.4. The van der Waals surface area contributed by atoms with Gasteiger partial charge in [0.05, 0.1) is 6.61 Å². The predicted octanol–water partition coefficient (Wildman–Crippen LogP) is 5.73. The van der Waals surface area contributed by atoms with Crippen LogP contribution in [0.5, 0.6) is 0 Å². The molecule has 1 atom stereocenters. The van der Waals surface area contributed by atoms with Gasteiger partial charge in [-0.1, -0.05) is 70.6 Å². The highest BCUT2D eigenvalue weighted by molar-refractivity contribution is 7.10. The fourth-order valence-electron chi connectivity index (χ4n) is 3.47. The quantitative estimate of drug-likeness (QED) is 0.122. The molecule has 1 aromatic rings. The van der Waals surface area contributed by atoms with Gasteiger partial charge in [-0.2, -0.15) is 5.48 Å². The Kier molecular flexibility index (Phi) is 14.2. The van der Waals surface area contributed by atoms with Crippen molar-refractivity contribution < 1.29 is 24.0 Å². The summed E-state index contributed by atoms with van der Waals surface area (Å²) in [5.74, 6) is 4.41. The number of hydroxylamine groups is 1. The first kappa shape index (κ1) is 28.7. The van der Waals surface area contributed by atoms with Crippen LogP contribution >= 0.6 is 11.3 Å². The van der Waals surface area contributed by atoms with Crippen molar-refractivity contribution in [3.05, 3.63) is 21.9 Å². The summed E-state index contributed by atoms with van der Waals surface area (Å²) in [4.78, 5) is 42.3. The molecule has 0 radical (unpaired) electrons. The molecule has 1 unspecified atom stereocenters. The minimum Gasteiger partial charge on any atom is -0.465 e. The van der Waals surface area contributed by atoms with Crippen LogP contribution in [0.2, 0.25) is 0 Å². The number of thiophene rings is 1. The van der Waals surface area contributed by atoms with E-state index in [2.05, 4.69) is 18.8 Å². The lowest BCUT2D eigenvalue weighted by Crippen LogP contribution is -2.45. The van der Waals surface area contributed by atoms with Crippen molar-refractivity contribution in [3.8, 4) is 11.8 Å². The highest BCUT2D eigenvalue weighted by Gasteiger charge is 2.48. The van der Waals surface area contributed by atoms with Gasteiger partial charge in [-0.05, 0) is 25.8 Å². The smallest absolute Gasteiger partial charge is 0.349 e. The number of carbonyl (C=O) groups is 3. The molecule has 184 valence electrons. The number of unbranched alkanes of at least 4 members (excludes halogenated alkanes) is 8. The van der Waals surface area contributed by atoms with Crippen LogP contribution in [0.4, 0.5) is 0 Å². The molecular weight excluding hydrogens is 438 g/mol. The maximum atomic E-state index is 12.7. The second kappa shape index (κ2) is 16.3. The standard InChI is InChI=1S/C26H39NO5S/c1-5-8-9-10-11-12-13-14-15-16-17-22-18-23(33-20-22)19-26(6-2,24(29)31-7-3)25(30)32-27-21(4)28/h18,20H,5-15,19H2,1-4H3,(H,27,28).